The average molecular weight is 287 g/mol. The molecular formula is C16H25N5. The first-order valence-corrected chi connectivity index (χ1v) is 7.56. The molecule has 0 atom stereocenters. The lowest BCUT2D eigenvalue weighted by molar-refractivity contribution is 0.570. The van der Waals surface area contributed by atoms with Crippen LogP contribution in [0, 0.1) is 20.8 Å². The van der Waals surface area contributed by atoms with E-state index < -0.39 is 0 Å². The van der Waals surface area contributed by atoms with E-state index in [-0.39, 0.29) is 0 Å². The topological polar surface area (TPSA) is 55.6 Å². The first kappa shape index (κ1) is 15.6. The van der Waals surface area contributed by atoms with Crippen LogP contribution in [0.4, 0.5) is 0 Å². The van der Waals surface area contributed by atoms with Crippen LogP contribution in [-0.2, 0) is 6.42 Å². The molecule has 5 nitrogen and oxygen atoms in total. The van der Waals surface area contributed by atoms with E-state index in [0.717, 1.165) is 36.6 Å². The van der Waals surface area contributed by atoms with E-state index in [1.165, 1.54) is 11.3 Å². The summed E-state index contributed by atoms with van der Waals surface area (Å²) >= 11 is 0. The second-order valence-electron chi connectivity index (χ2n) is 5.79. The van der Waals surface area contributed by atoms with Gasteiger partial charge in [0.1, 0.15) is 6.33 Å². The summed E-state index contributed by atoms with van der Waals surface area (Å²) in [5.74, 6) is 0.842. The molecule has 2 heterocycles. The summed E-state index contributed by atoms with van der Waals surface area (Å²) in [4.78, 5) is 8.46. The van der Waals surface area contributed by atoms with Gasteiger partial charge in [0.15, 0.2) is 5.82 Å². The van der Waals surface area contributed by atoms with Crippen LogP contribution in [0.25, 0.3) is 5.82 Å². The van der Waals surface area contributed by atoms with Gasteiger partial charge < -0.3 is 5.32 Å². The van der Waals surface area contributed by atoms with E-state index >= 15 is 0 Å². The maximum atomic E-state index is 4.64. The quantitative estimate of drug-likeness (QED) is 0.829. The van der Waals surface area contributed by atoms with Crippen LogP contribution < -0.4 is 5.32 Å². The second kappa shape index (κ2) is 6.80. The molecule has 21 heavy (non-hydrogen) atoms. The van der Waals surface area contributed by atoms with Gasteiger partial charge in [-0.3, -0.25) is 0 Å². The van der Waals surface area contributed by atoms with Crippen molar-refractivity contribution in [3.63, 3.8) is 0 Å². The van der Waals surface area contributed by atoms with E-state index in [4.69, 9.17) is 0 Å². The Balaban J connectivity index is 2.14. The average Bonchev–Trinajstić information content (AvgIpc) is 2.70. The predicted octanol–water partition coefficient (Wildman–Crippen LogP) is 2.52. The highest BCUT2D eigenvalue weighted by Gasteiger charge is 2.13. The van der Waals surface area contributed by atoms with Crippen molar-refractivity contribution in [2.24, 2.45) is 0 Å². The zero-order valence-corrected chi connectivity index (χ0v) is 13.6. The number of hydrogen-bond donors (Lipinski definition) is 1. The van der Waals surface area contributed by atoms with Gasteiger partial charge >= 0.3 is 0 Å². The highest BCUT2D eigenvalue weighted by atomic mass is 15.3. The molecule has 114 valence electrons. The summed E-state index contributed by atoms with van der Waals surface area (Å²) in [5, 5.41) is 8.09. The number of nitrogens with zero attached hydrogens (tertiary/aromatic N) is 4. The van der Waals surface area contributed by atoms with Crippen molar-refractivity contribution >= 4 is 0 Å². The fourth-order valence-electron chi connectivity index (χ4n) is 2.47. The zero-order valence-electron chi connectivity index (χ0n) is 13.6. The molecule has 0 aliphatic heterocycles. The van der Waals surface area contributed by atoms with E-state index in [0.29, 0.717) is 6.04 Å². The van der Waals surface area contributed by atoms with E-state index in [1.807, 2.05) is 17.7 Å². The van der Waals surface area contributed by atoms with Crippen LogP contribution in [0.2, 0.25) is 0 Å². The van der Waals surface area contributed by atoms with Gasteiger partial charge in [-0.25, -0.2) is 14.6 Å². The van der Waals surface area contributed by atoms with Gasteiger partial charge in [0.05, 0.1) is 5.69 Å². The standard InChI is InChI=1S/C16H25N5/c1-11(2)17-8-6-7-15-13(4)20-21(14(15)5)16-9-12(3)18-10-19-16/h9-11,17H,6-8H2,1-5H3. The Labute approximate surface area is 126 Å². The van der Waals surface area contributed by atoms with E-state index in [1.54, 1.807) is 6.33 Å². The van der Waals surface area contributed by atoms with Crippen molar-refractivity contribution in [2.45, 2.75) is 53.5 Å². The highest BCUT2D eigenvalue weighted by Crippen LogP contribution is 2.18. The SMILES string of the molecule is Cc1cc(-n2nc(C)c(CCCNC(C)C)c2C)ncn1. The number of aryl methyl sites for hydroxylation is 2. The largest absolute Gasteiger partial charge is 0.315 e. The molecule has 2 aromatic rings. The molecule has 0 unspecified atom stereocenters. The van der Waals surface area contributed by atoms with Gasteiger partial charge in [-0.2, -0.15) is 5.10 Å². The Morgan fingerprint density at radius 1 is 1.19 bits per heavy atom. The molecular weight excluding hydrogens is 262 g/mol. The van der Waals surface area contributed by atoms with Crippen molar-refractivity contribution < 1.29 is 0 Å². The Morgan fingerprint density at radius 3 is 2.62 bits per heavy atom. The molecule has 0 spiro atoms. The van der Waals surface area contributed by atoms with E-state index in [9.17, 15) is 0 Å². The van der Waals surface area contributed by atoms with Crippen LogP contribution in [0.5, 0.6) is 0 Å². The van der Waals surface area contributed by atoms with Gasteiger partial charge in [-0.15, -0.1) is 0 Å². The molecule has 0 aromatic carbocycles. The Kier molecular flexibility index (Phi) is 5.07. The molecule has 0 radical (unpaired) electrons. The van der Waals surface area contributed by atoms with Crippen LogP contribution in [-0.4, -0.2) is 32.3 Å². The molecule has 0 aliphatic rings. The van der Waals surface area contributed by atoms with Crippen molar-refractivity contribution in [1.29, 1.82) is 0 Å². The number of nitrogens with one attached hydrogen (secondary N) is 1. The van der Waals surface area contributed by atoms with Gasteiger partial charge in [0, 0.05) is 23.5 Å². The lowest BCUT2D eigenvalue weighted by Crippen LogP contribution is -2.24. The van der Waals surface area contributed by atoms with Crippen LogP contribution in [0.1, 0.15) is 42.9 Å². The molecule has 0 bridgehead atoms. The Bertz CT molecular complexity index is 601. The Morgan fingerprint density at radius 2 is 1.95 bits per heavy atom. The van der Waals surface area contributed by atoms with Crippen molar-refractivity contribution in [3.05, 3.63) is 35.0 Å². The van der Waals surface area contributed by atoms with Crippen LogP contribution in [0.3, 0.4) is 0 Å². The summed E-state index contributed by atoms with van der Waals surface area (Å²) in [6.45, 7) is 11.5. The maximum Gasteiger partial charge on any atom is 0.157 e. The third kappa shape index (κ3) is 3.88. The van der Waals surface area contributed by atoms with Gasteiger partial charge in [-0.05, 0) is 45.7 Å². The Hall–Kier alpha value is -1.75. The van der Waals surface area contributed by atoms with Crippen LogP contribution >= 0.6 is 0 Å². The molecule has 2 rings (SSSR count). The lowest BCUT2D eigenvalue weighted by atomic mass is 10.1. The normalized spacial score (nSPS) is 11.3. The molecule has 0 aliphatic carbocycles. The minimum atomic E-state index is 0.541. The molecule has 5 heteroatoms. The fourth-order valence-corrected chi connectivity index (χ4v) is 2.47. The van der Waals surface area contributed by atoms with Crippen molar-refractivity contribution in [2.75, 3.05) is 6.54 Å². The van der Waals surface area contributed by atoms with Gasteiger partial charge in [0.25, 0.3) is 0 Å². The van der Waals surface area contributed by atoms with Crippen LogP contribution in [0.15, 0.2) is 12.4 Å². The number of hydrogen-bond acceptors (Lipinski definition) is 4. The number of aromatic nitrogens is 4. The summed E-state index contributed by atoms with van der Waals surface area (Å²) in [5.41, 5.74) is 4.55. The highest BCUT2D eigenvalue weighted by molar-refractivity contribution is 5.32. The molecule has 0 fully saturated rings. The second-order valence-corrected chi connectivity index (χ2v) is 5.79. The van der Waals surface area contributed by atoms with Crippen molar-refractivity contribution in [3.8, 4) is 5.82 Å². The third-order valence-electron chi connectivity index (χ3n) is 3.60. The summed E-state index contributed by atoms with van der Waals surface area (Å²) in [7, 11) is 0. The molecule has 1 N–H and O–H groups in total. The van der Waals surface area contributed by atoms with E-state index in [2.05, 4.69) is 48.1 Å². The van der Waals surface area contributed by atoms with Gasteiger partial charge in [-0.1, -0.05) is 13.8 Å². The first-order valence-electron chi connectivity index (χ1n) is 7.56. The fraction of sp³-hybridized carbons (Fsp3) is 0.562. The number of rotatable bonds is 6. The summed E-state index contributed by atoms with van der Waals surface area (Å²) in [6.07, 6.45) is 3.75. The summed E-state index contributed by atoms with van der Waals surface area (Å²) < 4.78 is 1.93. The smallest absolute Gasteiger partial charge is 0.157 e. The van der Waals surface area contributed by atoms with Crippen molar-refractivity contribution in [1.82, 2.24) is 25.1 Å². The molecule has 2 aromatic heterocycles. The van der Waals surface area contributed by atoms with Gasteiger partial charge in [0.2, 0.25) is 0 Å². The zero-order chi connectivity index (χ0) is 15.4. The third-order valence-corrected chi connectivity index (χ3v) is 3.60. The minimum Gasteiger partial charge on any atom is -0.315 e. The monoisotopic (exact) mass is 287 g/mol. The maximum absolute atomic E-state index is 4.64. The first-order chi connectivity index (χ1) is 9.99. The molecule has 0 saturated carbocycles. The minimum absolute atomic E-state index is 0.541. The lowest BCUT2D eigenvalue weighted by Gasteiger charge is -2.08. The molecule has 0 saturated heterocycles. The predicted molar refractivity (Wildman–Crippen MR) is 84.8 cm³/mol. The summed E-state index contributed by atoms with van der Waals surface area (Å²) in [6, 6.07) is 2.50. The molecule has 0 amide bonds.